The molecular weight excluding hydrogens is 502 g/mol. The highest BCUT2D eigenvalue weighted by atomic mass is 32.2. The summed E-state index contributed by atoms with van der Waals surface area (Å²) >= 11 is 6.91. The third-order valence-electron chi connectivity index (χ3n) is 6.81. The standard InChI is InChI=1S/C29H29N3O3S2/c1-3-35-28(34)21-12-14-31(15-13-21)26-23(16-22-11-7-8-19(2)25(22)30-26)17-24-27(33)32(29(36)37-24)18-20-9-5-4-6-10-20/h4-11,16-17,21H,3,12-15,18H2,1-2H3/b24-17-. The number of anilines is 1. The van der Waals surface area contributed by atoms with Gasteiger partial charge in [0.1, 0.15) is 10.1 Å². The number of fused-ring (bicyclic) bond motifs is 1. The Morgan fingerprint density at radius 2 is 1.92 bits per heavy atom. The summed E-state index contributed by atoms with van der Waals surface area (Å²) in [5.41, 5.74) is 3.96. The average Bonchev–Trinajstić information content (AvgIpc) is 3.17. The number of aromatic nitrogens is 1. The first-order valence-electron chi connectivity index (χ1n) is 12.6. The maximum atomic E-state index is 13.4. The van der Waals surface area contributed by atoms with Crippen LogP contribution in [0.1, 0.15) is 36.5 Å². The van der Waals surface area contributed by atoms with Crippen LogP contribution in [0, 0.1) is 12.8 Å². The highest BCUT2D eigenvalue weighted by molar-refractivity contribution is 8.26. The fourth-order valence-corrected chi connectivity index (χ4v) is 6.09. The number of pyridine rings is 1. The number of nitrogens with zero attached hydrogens (tertiary/aromatic N) is 3. The number of thioether (sulfide) groups is 1. The van der Waals surface area contributed by atoms with Crippen molar-refractivity contribution < 1.29 is 14.3 Å². The summed E-state index contributed by atoms with van der Waals surface area (Å²) in [6.45, 7) is 6.14. The van der Waals surface area contributed by atoms with Crippen LogP contribution in [-0.4, -0.2) is 45.8 Å². The molecule has 3 heterocycles. The molecule has 1 aromatic heterocycles. The molecule has 0 aliphatic carbocycles. The van der Waals surface area contributed by atoms with E-state index in [1.54, 1.807) is 4.90 Å². The van der Waals surface area contributed by atoms with Crippen LogP contribution in [0.25, 0.3) is 17.0 Å². The van der Waals surface area contributed by atoms with Gasteiger partial charge in [0.2, 0.25) is 0 Å². The molecule has 6 nitrogen and oxygen atoms in total. The molecule has 0 atom stereocenters. The zero-order chi connectivity index (χ0) is 25.9. The number of hydrogen-bond donors (Lipinski definition) is 0. The fraction of sp³-hybridized carbons (Fsp3) is 0.310. The molecule has 2 fully saturated rings. The van der Waals surface area contributed by atoms with E-state index < -0.39 is 0 Å². The summed E-state index contributed by atoms with van der Waals surface area (Å²) in [5, 5.41) is 1.02. The van der Waals surface area contributed by atoms with Crippen LogP contribution < -0.4 is 4.90 Å². The number of ether oxygens (including phenoxy) is 1. The molecular formula is C29H29N3O3S2. The number of aryl methyl sites for hydroxylation is 1. The van der Waals surface area contributed by atoms with E-state index in [4.69, 9.17) is 21.9 Å². The maximum Gasteiger partial charge on any atom is 0.309 e. The molecule has 0 saturated carbocycles. The van der Waals surface area contributed by atoms with E-state index in [1.165, 1.54) is 11.8 Å². The fourth-order valence-electron chi connectivity index (χ4n) is 4.84. The van der Waals surface area contributed by atoms with E-state index in [2.05, 4.69) is 24.0 Å². The monoisotopic (exact) mass is 531 g/mol. The average molecular weight is 532 g/mol. The Balaban J connectivity index is 1.46. The maximum absolute atomic E-state index is 13.4. The second-order valence-corrected chi connectivity index (χ2v) is 11.0. The zero-order valence-electron chi connectivity index (χ0n) is 21.0. The molecule has 2 aliphatic rings. The molecule has 2 saturated heterocycles. The van der Waals surface area contributed by atoms with Gasteiger partial charge in [0, 0.05) is 24.0 Å². The topological polar surface area (TPSA) is 62.7 Å². The van der Waals surface area contributed by atoms with Crippen molar-refractivity contribution in [3.63, 3.8) is 0 Å². The summed E-state index contributed by atoms with van der Waals surface area (Å²) in [6.07, 6.45) is 3.35. The number of rotatable bonds is 6. The molecule has 0 radical (unpaired) electrons. The first kappa shape index (κ1) is 25.4. The summed E-state index contributed by atoms with van der Waals surface area (Å²) in [5.74, 6) is 0.537. The molecule has 3 aromatic rings. The predicted octanol–water partition coefficient (Wildman–Crippen LogP) is 5.72. The summed E-state index contributed by atoms with van der Waals surface area (Å²) in [6, 6.07) is 18.1. The Bertz CT molecular complexity index is 1380. The molecule has 2 aliphatic heterocycles. The number of para-hydroxylation sites is 1. The van der Waals surface area contributed by atoms with Crippen LogP contribution in [0.4, 0.5) is 5.82 Å². The number of esters is 1. The van der Waals surface area contributed by atoms with Crippen LogP contribution in [0.5, 0.6) is 0 Å². The second-order valence-electron chi connectivity index (χ2n) is 9.31. The lowest BCUT2D eigenvalue weighted by Gasteiger charge is -2.33. The number of carbonyl (C=O) groups is 2. The van der Waals surface area contributed by atoms with Crippen LogP contribution in [0.2, 0.25) is 0 Å². The van der Waals surface area contributed by atoms with Gasteiger partial charge in [-0.2, -0.15) is 0 Å². The largest absolute Gasteiger partial charge is 0.466 e. The van der Waals surface area contributed by atoms with E-state index in [0.29, 0.717) is 48.3 Å². The van der Waals surface area contributed by atoms with Crippen molar-refractivity contribution in [2.45, 2.75) is 33.2 Å². The minimum atomic E-state index is -0.119. The quantitative estimate of drug-likeness (QED) is 0.229. The highest BCUT2D eigenvalue weighted by Crippen LogP contribution is 2.37. The van der Waals surface area contributed by atoms with Crippen LogP contribution in [0.3, 0.4) is 0 Å². The minimum absolute atomic E-state index is 0.0870. The molecule has 2 aromatic carbocycles. The molecule has 5 rings (SSSR count). The van der Waals surface area contributed by atoms with Crippen LogP contribution in [0.15, 0.2) is 59.5 Å². The van der Waals surface area contributed by atoms with Gasteiger partial charge in [-0.05, 0) is 50.0 Å². The van der Waals surface area contributed by atoms with E-state index >= 15 is 0 Å². The normalized spacial score (nSPS) is 17.7. The van der Waals surface area contributed by atoms with Gasteiger partial charge in [0.15, 0.2) is 0 Å². The highest BCUT2D eigenvalue weighted by Gasteiger charge is 2.33. The number of amides is 1. The van der Waals surface area contributed by atoms with Crippen molar-refractivity contribution in [1.29, 1.82) is 0 Å². The zero-order valence-corrected chi connectivity index (χ0v) is 22.6. The predicted molar refractivity (Wildman–Crippen MR) is 153 cm³/mol. The van der Waals surface area contributed by atoms with Crippen LogP contribution >= 0.6 is 24.0 Å². The van der Waals surface area contributed by atoms with Crippen molar-refractivity contribution in [3.8, 4) is 0 Å². The van der Waals surface area contributed by atoms with E-state index in [0.717, 1.165) is 33.4 Å². The molecule has 0 bridgehead atoms. The lowest BCUT2D eigenvalue weighted by Crippen LogP contribution is -2.37. The molecule has 190 valence electrons. The number of hydrogen-bond acceptors (Lipinski definition) is 7. The number of carbonyl (C=O) groups excluding carboxylic acids is 2. The van der Waals surface area contributed by atoms with Gasteiger partial charge in [0.25, 0.3) is 5.91 Å². The van der Waals surface area contributed by atoms with E-state index in [-0.39, 0.29) is 17.8 Å². The second kappa shape index (κ2) is 11.0. The van der Waals surface area contributed by atoms with Crippen molar-refractivity contribution in [3.05, 3.63) is 76.2 Å². The Morgan fingerprint density at radius 1 is 1.16 bits per heavy atom. The van der Waals surface area contributed by atoms with E-state index in [9.17, 15) is 9.59 Å². The number of piperidine rings is 1. The molecule has 0 spiro atoms. The lowest BCUT2D eigenvalue weighted by molar-refractivity contribution is -0.148. The summed E-state index contributed by atoms with van der Waals surface area (Å²) in [4.78, 5) is 35.2. The van der Waals surface area contributed by atoms with Crippen molar-refractivity contribution in [2.75, 3.05) is 24.6 Å². The molecule has 37 heavy (non-hydrogen) atoms. The van der Waals surface area contributed by atoms with Gasteiger partial charge in [-0.25, -0.2) is 4.98 Å². The number of benzene rings is 2. The third-order valence-corrected chi connectivity index (χ3v) is 8.19. The van der Waals surface area contributed by atoms with Gasteiger partial charge >= 0.3 is 5.97 Å². The Labute approximate surface area is 226 Å². The third kappa shape index (κ3) is 5.40. The van der Waals surface area contributed by atoms with Gasteiger partial charge in [-0.3, -0.25) is 14.5 Å². The Kier molecular flexibility index (Phi) is 7.58. The first-order valence-corrected chi connectivity index (χ1v) is 13.8. The van der Waals surface area contributed by atoms with E-state index in [1.807, 2.05) is 55.5 Å². The van der Waals surface area contributed by atoms with Crippen LogP contribution in [-0.2, 0) is 20.9 Å². The Morgan fingerprint density at radius 3 is 2.65 bits per heavy atom. The van der Waals surface area contributed by atoms with Crippen molar-refractivity contribution >= 4 is 63.0 Å². The van der Waals surface area contributed by atoms with Crippen molar-refractivity contribution in [2.24, 2.45) is 5.92 Å². The van der Waals surface area contributed by atoms with Gasteiger partial charge in [0.05, 0.1) is 29.5 Å². The van der Waals surface area contributed by atoms with Gasteiger partial charge in [-0.15, -0.1) is 0 Å². The van der Waals surface area contributed by atoms with Gasteiger partial charge in [-0.1, -0.05) is 72.5 Å². The smallest absolute Gasteiger partial charge is 0.309 e. The minimum Gasteiger partial charge on any atom is -0.466 e. The lowest BCUT2D eigenvalue weighted by atomic mass is 9.96. The molecule has 1 amide bonds. The number of thiocarbonyl (C=S) groups is 1. The van der Waals surface area contributed by atoms with Crippen molar-refractivity contribution in [1.82, 2.24) is 9.88 Å². The van der Waals surface area contributed by atoms with Gasteiger partial charge < -0.3 is 9.64 Å². The first-order chi connectivity index (χ1) is 17.9. The Hall–Kier alpha value is -3.23. The summed E-state index contributed by atoms with van der Waals surface area (Å²) in [7, 11) is 0. The molecule has 0 N–H and O–H groups in total. The summed E-state index contributed by atoms with van der Waals surface area (Å²) < 4.78 is 5.80. The molecule has 8 heteroatoms. The SMILES string of the molecule is CCOC(=O)C1CCN(c2nc3c(C)cccc3cc2/C=C2\SC(=S)N(Cc3ccccc3)C2=O)CC1. The molecule has 0 unspecified atom stereocenters.